The lowest BCUT2D eigenvalue weighted by Crippen LogP contribution is -2.28. The summed E-state index contributed by atoms with van der Waals surface area (Å²) in [6.45, 7) is -2.23. The normalized spacial score (nSPS) is 11.1. The monoisotopic (exact) mass is 426 g/mol. The smallest absolute Gasteiger partial charge is 0.213 e. The van der Waals surface area contributed by atoms with Crippen LogP contribution >= 0.6 is 18.6 Å². The summed E-state index contributed by atoms with van der Waals surface area (Å²) >= 11 is 1.37. The predicted molar refractivity (Wildman–Crippen MR) is 134 cm³/mol. The summed E-state index contributed by atoms with van der Waals surface area (Å²) < 4.78 is 0. The van der Waals surface area contributed by atoms with E-state index >= 15 is 0 Å². The van der Waals surface area contributed by atoms with Crippen molar-refractivity contribution < 1.29 is 4.79 Å². The van der Waals surface area contributed by atoms with Gasteiger partial charge in [-0.05, 0) is 28.4 Å². The Kier molecular flexibility index (Phi) is 6.69. The van der Waals surface area contributed by atoms with Crippen LogP contribution < -0.4 is 15.9 Å². The zero-order valence-electron chi connectivity index (χ0n) is 16.6. The molecule has 0 spiro atoms. The Morgan fingerprint density at radius 1 is 0.600 bits per heavy atom. The van der Waals surface area contributed by atoms with Crippen LogP contribution in [-0.4, -0.2) is 10.9 Å². The van der Waals surface area contributed by atoms with Crippen molar-refractivity contribution in [1.82, 2.24) is 0 Å². The zero-order valence-corrected chi connectivity index (χ0v) is 18.3. The summed E-state index contributed by atoms with van der Waals surface area (Å²) in [6.07, 6.45) is 0. The van der Waals surface area contributed by atoms with E-state index in [-0.39, 0.29) is 5.12 Å². The Morgan fingerprint density at radius 2 is 0.967 bits per heavy atom. The number of rotatable bonds is 6. The summed E-state index contributed by atoms with van der Waals surface area (Å²) in [6, 6.07) is 41.5. The molecule has 0 amide bonds. The third kappa shape index (κ3) is 4.51. The van der Waals surface area contributed by atoms with Gasteiger partial charge in [0.05, 0.1) is 0 Å². The van der Waals surface area contributed by atoms with E-state index in [1.165, 1.54) is 27.7 Å². The number of carbonyl (C=O) groups excluding carboxylic acids is 1. The minimum atomic E-state index is -2.23. The molecular formula is C27H23OPS. The van der Waals surface area contributed by atoms with Gasteiger partial charge in [-0.2, -0.15) is 0 Å². The van der Waals surface area contributed by atoms with E-state index in [1.54, 1.807) is 0 Å². The van der Waals surface area contributed by atoms with Gasteiger partial charge in [0.15, 0.2) is 0 Å². The third-order valence-corrected chi connectivity index (χ3v) is 10.0. The molecule has 0 unspecified atom stereocenters. The van der Waals surface area contributed by atoms with Crippen LogP contribution in [0.5, 0.6) is 0 Å². The lowest BCUT2D eigenvalue weighted by Gasteiger charge is -2.28. The summed E-state index contributed by atoms with van der Waals surface area (Å²) in [5.41, 5.74) is 1.16. The Labute approximate surface area is 182 Å². The van der Waals surface area contributed by atoms with Gasteiger partial charge >= 0.3 is 0 Å². The lowest BCUT2D eigenvalue weighted by molar-refractivity contribution is -0.105. The van der Waals surface area contributed by atoms with Crippen LogP contribution in [0.1, 0.15) is 5.56 Å². The van der Waals surface area contributed by atoms with Crippen molar-refractivity contribution in [1.29, 1.82) is 0 Å². The van der Waals surface area contributed by atoms with Crippen LogP contribution in [0.25, 0.3) is 0 Å². The molecule has 4 rings (SSSR count). The first kappa shape index (κ1) is 20.5. The molecule has 0 aromatic heterocycles. The van der Waals surface area contributed by atoms with Gasteiger partial charge in [0.2, 0.25) is 5.12 Å². The first-order chi connectivity index (χ1) is 14.8. The Balaban J connectivity index is 1.86. The second-order valence-electron chi connectivity index (χ2n) is 6.95. The molecule has 0 saturated carbocycles. The molecule has 0 N–H and O–H groups in total. The van der Waals surface area contributed by atoms with Gasteiger partial charge in [-0.25, -0.2) is 0 Å². The summed E-state index contributed by atoms with van der Waals surface area (Å²) in [5, 5.41) is 3.69. The molecule has 0 atom stereocenters. The van der Waals surface area contributed by atoms with E-state index < -0.39 is 6.89 Å². The molecule has 0 aliphatic rings. The highest BCUT2D eigenvalue weighted by Gasteiger charge is 2.26. The number of hydrogen-bond acceptors (Lipinski definition) is 2. The van der Waals surface area contributed by atoms with Gasteiger partial charge in [0, 0.05) is 11.5 Å². The molecule has 4 aromatic rings. The molecule has 0 aliphatic carbocycles. The van der Waals surface area contributed by atoms with Crippen molar-refractivity contribution >= 4 is 45.5 Å². The minimum absolute atomic E-state index is 0.115. The molecule has 0 radical (unpaired) electrons. The molecule has 148 valence electrons. The summed E-state index contributed by atoms with van der Waals surface area (Å²) in [5.74, 6) is 2.68. The van der Waals surface area contributed by atoms with Crippen LogP contribution in [0.15, 0.2) is 121 Å². The standard InChI is InChI=1S/C27H23OPS/c28-27(30-22-23-13-5-1-6-14-23)21-29(24-15-7-2-8-16-24,25-17-9-3-10-18-25)26-19-11-4-12-20-26/h1-21H,22H2. The molecular weight excluding hydrogens is 403 g/mol. The number of carbonyl (C=O) groups is 1. The van der Waals surface area contributed by atoms with Crippen LogP contribution in [0.2, 0.25) is 0 Å². The second kappa shape index (κ2) is 9.80. The van der Waals surface area contributed by atoms with E-state index in [9.17, 15) is 4.79 Å². The van der Waals surface area contributed by atoms with Crippen LogP contribution in [0.3, 0.4) is 0 Å². The average molecular weight is 427 g/mol. The van der Waals surface area contributed by atoms with Gasteiger partial charge in [-0.3, -0.25) is 4.79 Å². The zero-order chi connectivity index (χ0) is 20.7. The van der Waals surface area contributed by atoms with Crippen LogP contribution in [0, 0.1) is 0 Å². The van der Waals surface area contributed by atoms with Crippen molar-refractivity contribution in [3.8, 4) is 0 Å². The first-order valence-corrected chi connectivity index (χ1v) is 12.8. The van der Waals surface area contributed by atoms with E-state index in [0.29, 0.717) is 5.75 Å². The Morgan fingerprint density at radius 3 is 1.37 bits per heavy atom. The van der Waals surface area contributed by atoms with Crippen molar-refractivity contribution in [2.45, 2.75) is 5.75 Å². The van der Waals surface area contributed by atoms with Crippen LogP contribution in [-0.2, 0) is 10.5 Å². The largest absolute Gasteiger partial charge is 0.282 e. The fourth-order valence-corrected chi connectivity index (χ4v) is 8.44. The molecule has 4 aromatic carbocycles. The predicted octanol–water partition coefficient (Wildman–Crippen LogP) is 5.24. The average Bonchev–Trinajstić information content (AvgIpc) is 2.83. The van der Waals surface area contributed by atoms with Gasteiger partial charge in [0.1, 0.15) is 0 Å². The fraction of sp³-hybridized carbons (Fsp3) is 0.0370. The van der Waals surface area contributed by atoms with E-state index in [4.69, 9.17) is 0 Å². The van der Waals surface area contributed by atoms with Gasteiger partial charge in [0.25, 0.3) is 0 Å². The quantitative estimate of drug-likeness (QED) is 0.392. The molecule has 3 heteroatoms. The Bertz CT molecular complexity index is 1040. The number of thioether (sulfide) groups is 1. The lowest BCUT2D eigenvalue weighted by atomic mass is 10.2. The highest BCUT2D eigenvalue weighted by atomic mass is 32.2. The van der Waals surface area contributed by atoms with Gasteiger partial charge in [-0.1, -0.05) is 133 Å². The molecule has 30 heavy (non-hydrogen) atoms. The van der Waals surface area contributed by atoms with Crippen molar-refractivity contribution in [3.63, 3.8) is 0 Å². The summed E-state index contributed by atoms with van der Waals surface area (Å²) in [4.78, 5) is 13.3. The van der Waals surface area contributed by atoms with E-state index in [1.807, 2.05) is 42.2 Å². The highest BCUT2D eigenvalue weighted by Crippen LogP contribution is 2.44. The molecule has 1 nitrogen and oxygen atoms in total. The van der Waals surface area contributed by atoms with Crippen molar-refractivity contribution in [2.24, 2.45) is 0 Å². The maximum Gasteiger partial charge on any atom is 0.213 e. The van der Waals surface area contributed by atoms with E-state index in [2.05, 4.69) is 84.9 Å². The topological polar surface area (TPSA) is 17.1 Å². The summed E-state index contributed by atoms with van der Waals surface area (Å²) in [7, 11) is 0. The van der Waals surface area contributed by atoms with E-state index in [0.717, 1.165) is 5.56 Å². The SMILES string of the molecule is O=C(C=P(c1ccccc1)(c1ccccc1)c1ccccc1)SCc1ccccc1. The first-order valence-electron chi connectivity index (χ1n) is 9.91. The van der Waals surface area contributed by atoms with Crippen molar-refractivity contribution in [3.05, 3.63) is 127 Å². The van der Waals surface area contributed by atoms with Gasteiger partial charge in [-0.15, -0.1) is 0 Å². The fourth-order valence-electron chi connectivity index (χ4n) is 3.58. The number of benzene rings is 4. The Hall–Kier alpha value is -2.80. The molecule has 0 aliphatic heterocycles. The van der Waals surface area contributed by atoms with Crippen molar-refractivity contribution in [2.75, 3.05) is 0 Å². The highest BCUT2D eigenvalue weighted by molar-refractivity contribution is 8.16. The number of hydrogen-bond donors (Lipinski definition) is 0. The molecule has 0 bridgehead atoms. The molecule has 0 fully saturated rings. The molecule has 0 saturated heterocycles. The second-order valence-corrected chi connectivity index (χ2v) is 11.2. The molecule has 0 heterocycles. The maximum absolute atomic E-state index is 13.3. The third-order valence-electron chi connectivity index (χ3n) is 5.01. The van der Waals surface area contributed by atoms with Gasteiger partial charge < -0.3 is 0 Å². The maximum atomic E-state index is 13.3. The van der Waals surface area contributed by atoms with Crippen LogP contribution in [0.4, 0.5) is 0 Å². The minimum Gasteiger partial charge on any atom is -0.282 e.